The maximum atomic E-state index is 12.2. The van der Waals surface area contributed by atoms with Gasteiger partial charge in [-0.3, -0.25) is 14.5 Å². The molecule has 1 aliphatic rings. The van der Waals surface area contributed by atoms with Crippen LogP contribution in [0.15, 0.2) is 30.6 Å². The van der Waals surface area contributed by atoms with Crippen LogP contribution in [0.1, 0.15) is 31.9 Å². The van der Waals surface area contributed by atoms with E-state index >= 15 is 0 Å². The SMILES string of the molecule is CCC(=O)Nc1cc(-c2cnc(C)c(NS(=O)(=O)C3CC3)c2)ccn1. The Bertz CT molecular complexity index is 908. The molecule has 1 fully saturated rings. The first-order valence-corrected chi connectivity index (χ1v) is 9.68. The lowest BCUT2D eigenvalue weighted by Crippen LogP contribution is -2.18. The molecule has 3 rings (SSSR count). The molecule has 0 aromatic carbocycles. The van der Waals surface area contributed by atoms with Gasteiger partial charge in [-0.05, 0) is 43.5 Å². The van der Waals surface area contributed by atoms with E-state index in [1.807, 2.05) is 0 Å². The van der Waals surface area contributed by atoms with Gasteiger partial charge in [0.2, 0.25) is 15.9 Å². The number of nitrogens with zero attached hydrogens (tertiary/aromatic N) is 2. The quantitative estimate of drug-likeness (QED) is 0.825. The molecular formula is C17H20N4O3S. The zero-order chi connectivity index (χ0) is 18.0. The number of hydrogen-bond donors (Lipinski definition) is 2. The summed E-state index contributed by atoms with van der Waals surface area (Å²) < 4.78 is 27.0. The fraction of sp³-hybridized carbons (Fsp3) is 0.353. The van der Waals surface area contributed by atoms with Gasteiger partial charge in [0, 0.05) is 24.4 Å². The van der Waals surface area contributed by atoms with Crippen molar-refractivity contribution in [2.45, 2.75) is 38.4 Å². The van der Waals surface area contributed by atoms with Crippen LogP contribution in [0, 0.1) is 6.92 Å². The Balaban J connectivity index is 1.89. The number of sulfonamides is 1. The highest BCUT2D eigenvalue weighted by molar-refractivity contribution is 7.93. The van der Waals surface area contributed by atoms with E-state index < -0.39 is 10.0 Å². The van der Waals surface area contributed by atoms with Gasteiger partial charge in [-0.25, -0.2) is 13.4 Å². The minimum atomic E-state index is -3.35. The Morgan fingerprint density at radius 2 is 2.00 bits per heavy atom. The summed E-state index contributed by atoms with van der Waals surface area (Å²) >= 11 is 0. The molecule has 1 saturated carbocycles. The Labute approximate surface area is 146 Å². The molecule has 0 saturated heterocycles. The lowest BCUT2D eigenvalue weighted by Gasteiger charge is -2.12. The maximum absolute atomic E-state index is 12.2. The van der Waals surface area contributed by atoms with Gasteiger partial charge >= 0.3 is 0 Å². The number of anilines is 2. The number of aromatic nitrogens is 2. The molecule has 2 heterocycles. The molecule has 8 heteroatoms. The van der Waals surface area contributed by atoms with Crippen molar-refractivity contribution in [3.8, 4) is 11.1 Å². The second kappa shape index (κ2) is 6.79. The average molecular weight is 360 g/mol. The molecule has 2 N–H and O–H groups in total. The van der Waals surface area contributed by atoms with Gasteiger partial charge in [0.05, 0.1) is 16.6 Å². The molecule has 0 bridgehead atoms. The van der Waals surface area contributed by atoms with Crippen LogP contribution in [-0.2, 0) is 14.8 Å². The Kier molecular flexibility index (Phi) is 4.71. The van der Waals surface area contributed by atoms with Gasteiger partial charge in [0.15, 0.2) is 0 Å². The van der Waals surface area contributed by atoms with Crippen LogP contribution in [0.25, 0.3) is 11.1 Å². The lowest BCUT2D eigenvalue weighted by atomic mass is 10.1. The van der Waals surface area contributed by atoms with Crippen molar-refractivity contribution in [1.82, 2.24) is 9.97 Å². The van der Waals surface area contributed by atoms with Crippen LogP contribution in [0.3, 0.4) is 0 Å². The van der Waals surface area contributed by atoms with Crippen molar-refractivity contribution < 1.29 is 13.2 Å². The van der Waals surface area contributed by atoms with Gasteiger partial charge in [-0.1, -0.05) is 6.92 Å². The molecule has 0 spiro atoms. The fourth-order valence-electron chi connectivity index (χ4n) is 2.32. The highest BCUT2D eigenvalue weighted by Gasteiger charge is 2.36. The summed E-state index contributed by atoms with van der Waals surface area (Å²) in [4.78, 5) is 19.9. The van der Waals surface area contributed by atoms with Crippen LogP contribution < -0.4 is 10.0 Å². The molecule has 1 aliphatic carbocycles. The van der Waals surface area contributed by atoms with Crippen molar-refractivity contribution in [2.75, 3.05) is 10.0 Å². The number of hydrogen-bond acceptors (Lipinski definition) is 5. The van der Waals surface area contributed by atoms with Crippen molar-refractivity contribution in [3.05, 3.63) is 36.3 Å². The normalized spacial score (nSPS) is 14.2. The molecule has 25 heavy (non-hydrogen) atoms. The zero-order valence-electron chi connectivity index (χ0n) is 14.1. The predicted octanol–water partition coefficient (Wildman–Crippen LogP) is 2.70. The van der Waals surface area contributed by atoms with Gasteiger partial charge in [0.1, 0.15) is 5.82 Å². The first-order valence-electron chi connectivity index (χ1n) is 8.13. The topological polar surface area (TPSA) is 101 Å². The van der Waals surface area contributed by atoms with Crippen LogP contribution in [-0.4, -0.2) is 29.5 Å². The molecule has 0 aliphatic heterocycles. The molecule has 2 aromatic heterocycles. The average Bonchev–Trinajstić information content (AvgIpc) is 3.42. The number of amides is 1. The van der Waals surface area contributed by atoms with Crippen LogP contribution in [0.5, 0.6) is 0 Å². The molecule has 1 amide bonds. The van der Waals surface area contributed by atoms with Crippen molar-refractivity contribution in [1.29, 1.82) is 0 Å². The number of pyridine rings is 2. The molecule has 0 unspecified atom stereocenters. The van der Waals surface area contributed by atoms with Gasteiger partial charge in [-0.15, -0.1) is 0 Å². The number of carbonyl (C=O) groups is 1. The third-order valence-electron chi connectivity index (χ3n) is 3.98. The monoisotopic (exact) mass is 360 g/mol. The molecule has 132 valence electrons. The Morgan fingerprint density at radius 3 is 2.68 bits per heavy atom. The molecule has 0 atom stereocenters. The number of rotatable bonds is 6. The van der Waals surface area contributed by atoms with E-state index in [0.717, 1.165) is 11.1 Å². The molecule has 0 radical (unpaired) electrons. The first kappa shape index (κ1) is 17.3. The summed E-state index contributed by atoms with van der Waals surface area (Å²) in [5.74, 6) is 0.328. The van der Waals surface area contributed by atoms with Crippen LogP contribution in [0.4, 0.5) is 11.5 Å². The summed E-state index contributed by atoms with van der Waals surface area (Å²) in [6.45, 7) is 3.52. The third-order valence-corrected chi connectivity index (χ3v) is 5.84. The standard InChI is InChI=1S/C17H20N4O3S/c1-3-17(22)20-16-9-12(6-7-18-16)13-8-15(11(2)19-10-13)21-25(23,24)14-4-5-14/h6-10,14,21H,3-5H2,1-2H3,(H,18,20,22). The summed E-state index contributed by atoms with van der Waals surface area (Å²) in [5.41, 5.74) is 2.62. The predicted molar refractivity (Wildman–Crippen MR) is 96.7 cm³/mol. The molecular weight excluding hydrogens is 340 g/mol. The zero-order valence-corrected chi connectivity index (χ0v) is 14.9. The fourth-order valence-corrected chi connectivity index (χ4v) is 3.76. The Morgan fingerprint density at radius 1 is 1.24 bits per heavy atom. The van der Waals surface area contributed by atoms with E-state index in [0.29, 0.717) is 36.5 Å². The second-order valence-electron chi connectivity index (χ2n) is 6.03. The van der Waals surface area contributed by atoms with E-state index in [-0.39, 0.29) is 11.2 Å². The largest absolute Gasteiger partial charge is 0.311 e. The van der Waals surface area contributed by atoms with Crippen LogP contribution >= 0.6 is 0 Å². The summed E-state index contributed by atoms with van der Waals surface area (Å²) in [5, 5.41) is 2.41. The van der Waals surface area contributed by atoms with E-state index in [4.69, 9.17) is 0 Å². The highest BCUT2D eigenvalue weighted by Crippen LogP contribution is 2.31. The highest BCUT2D eigenvalue weighted by atomic mass is 32.2. The minimum Gasteiger partial charge on any atom is -0.311 e. The van der Waals surface area contributed by atoms with E-state index in [9.17, 15) is 13.2 Å². The van der Waals surface area contributed by atoms with E-state index in [1.54, 1.807) is 44.4 Å². The van der Waals surface area contributed by atoms with Crippen molar-refractivity contribution in [3.63, 3.8) is 0 Å². The lowest BCUT2D eigenvalue weighted by molar-refractivity contribution is -0.115. The van der Waals surface area contributed by atoms with Gasteiger partial charge in [0.25, 0.3) is 0 Å². The third kappa shape index (κ3) is 4.14. The molecule has 2 aromatic rings. The second-order valence-corrected chi connectivity index (χ2v) is 8.00. The summed E-state index contributed by atoms with van der Waals surface area (Å²) in [6.07, 6.45) is 5.03. The maximum Gasteiger partial charge on any atom is 0.235 e. The smallest absolute Gasteiger partial charge is 0.235 e. The van der Waals surface area contributed by atoms with E-state index in [1.165, 1.54) is 0 Å². The number of carbonyl (C=O) groups excluding carboxylic acids is 1. The van der Waals surface area contributed by atoms with Crippen molar-refractivity contribution >= 4 is 27.4 Å². The van der Waals surface area contributed by atoms with Gasteiger partial charge < -0.3 is 5.32 Å². The van der Waals surface area contributed by atoms with E-state index in [2.05, 4.69) is 20.0 Å². The summed E-state index contributed by atoms with van der Waals surface area (Å²) in [7, 11) is -3.35. The number of aryl methyl sites for hydroxylation is 1. The van der Waals surface area contributed by atoms with Crippen molar-refractivity contribution in [2.24, 2.45) is 0 Å². The first-order chi connectivity index (χ1) is 11.9. The summed E-state index contributed by atoms with van der Waals surface area (Å²) in [6, 6.07) is 5.27. The molecule has 7 nitrogen and oxygen atoms in total. The van der Waals surface area contributed by atoms with Crippen LogP contribution in [0.2, 0.25) is 0 Å². The minimum absolute atomic E-state index is 0.121. The van der Waals surface area contributed by atoms with Gasteiger partial charge in [-0.2, -0.15) is 0 Å². The Hall–Kier alpha value is -2.48. The number of nitrogens with one attached hydrogen (secondary N) is 2.